The number of ether oxygens (including phenoxy) is 1. The number of aliphatic hydroxyl groups is 1. The fourth-order valence-corrected chi connectivity index (χ4v) is 2.40. The van der Waals surface area contributed by atoms with E-state index in [0.29, 0.717) is 0 Å². The Morgan fingerprint density at radius 2 is 2.19 bits per heavy atom. The second-order valence-electron chi connectivity index (χ2n) is 3.84. The first kappa shape index (κ1) is 13.4. The van der Waals surface area contributed by atoms with E-state index in [2.05, 4.69) is 6.92 Å². The second-order valence-corrected chi connectivity index (χ2v) is 4.99. The Kier molecular flexibility index (Phi) is 5.71. The number of benzene rings is 1. The molecule has 2 nitrogen and oxygen atoms in total. The molecule has 0 radical (unpaired) electrons. The van der Waals surface area contributed by atoms with Gasteiger partial charge in [-0.2, -0.15) is 11.8 Å². The van der Waals surface area contributed by atoms with Crippen molar-refractivity contribution < 1.29 is 9.84 Å². The molecule has 0 amide bonds. The van der Waals surface area contributed by atoms with Gasteiger partial charge in [0.2, 0.25) is 0 Å². The Balaban J connectivity index is 2.72. The maximum absolute atomic E-state index is 10.1. The average Bonchev–Trinajstić information content (AvgIpc) is 2.29. The summed E-state index contributed by atoms with van der Waals surface area (Å²) in [6.07, 6.45) is 0.703. The summed E-state index contributed by atoms with van der Waals surface area (Å²) in [6.45, 7) is 4.17. The SMILES string of the molecule is CCCSCC(O)c1cc(C)ccc1OC. The van der Waals surface area contributed by atoms with E-state index < -0.39 is 6.10 Å². The summed E-state index contributed by atoms with van der Waals surface area (Å²) in [5.41, 5.74) is 2.04. The molecule has 0 aliphatic rings. The van der Waals surface area contributed by atoms with Gasteiger partial charge in [-0.3, -0.25) is 0 Å². The van der Waals surface area contributed by atoms with Crippen LogP contribution < -0.4 is 4.74 Å². The molecule has 90 valence electrons. The highest BCUT2D eigenvalue weighted by Gasteiger charge is 2.13. The molecule has 0 aliphatic heterocycles. The van der Waals surface area contributed by atoms with E-state index in [1.165, 1.54) is 0 Å². The number of hydrogen-bond donors (Lipinski definition) is 1. The zero-order valence-electron chi connectivity index (χ0n) is 10.2. The molecule has 0 aromatic heterocycles. The average molecular weight is 240 g/mol. The van der Waals surface area contributed by atoms with Crippen molar-refractivity contribution in [2.24, 2.45) is 0 Å². The normalized spacial score (nSPS) is 12.5. The quantitative estimate of drug-likeness (QED) is 0.774. The lowest BCUT2D eigenvalue weighted by Crippen LogP contribution is -2.04. The second kappa shape index (κ2) is 6.81. The highest BCUT2D eigenvalue weighted by Crippen LogP contribution is 2.28. The Morgan fingerprint density at radius 3 is 2.81 bits per heavy atom. The zero-order valence-corrected chi connectivity index (χ0v) is 11.0. The highest BCUT2D eigenvalue weighted by atomic mass is 32.2. The van der Waals surface area contributed by atoms with E-state index >= 15 is 0 Å². The van der Waals surface area contributed by atoms with Gasteiger partial charge in [-0.25, -0.2) is 0 Å². The van der Waals surface area contributed by atoms with Crippen LogP contribution in [0.5, 0.6) is 5.75 Å². The van der Waals surface area contributed by atoms with Crippen molar-refractivity contribution in [2.75, 3.05) is 18.6 Å². The summed E-state index contributed by atoms with van der Waals surface area (Å²) < 4.78 is 5.26. The van der Waals surface area contributed by atoms with Crippen molar-refractivity contribution in [3.63, 3.8) is 0 Å². The Labute approximate surface area is 102 Å². The fourth-order valence-electron chi connectivity index (χ4n) is 1.54. The van der Waals surface area contributed by atoms with Crippen LogP contribution in [0.2, 0.25) is 0 Å². The van der Waals surface area contributed by atoms with Crippen LogP contribution in [0.1, 0.15) is 30.6 Å². The third kappa shape index (κ3) is 3.72. The van der Waals surface area contributed by atoms with E-state index in [-0.39, 0.29) is 0 Å². The molecule has 1 aromatic rings. The maximum atomic E-state index is 10.1. The van der Waals surface area contributed by atoms with Crippen LogP contribution in [0.4, 0.5) is 0 Å². The lowest BCUT2D eigenvalue weighted by atomic mass is 10.1. The number of thioether (sulfide) groups is 1. The highest BCUT2D eigenvalue weighted by molar-refractivity contribution is 7.99. The predicted molar refractivity (Wildman–Crippen MR) is 70.3 cm³/mol. The molecule has 0 aliphatic carbocycles. The lowest BCUT2D eigenvalue weighted by molar-refractivity contribution is 0.199. The van der Waals surface area contributed by atoms with E-state index in [4.69, 9.17) is 4.74 Å². The molecule has 0 spiro atoms. The third-order valence-corrected chi connectivity index (χ3v) is 3.62. The molecule has 1 N–H and O–H groups in total. The van der Waals surface area contributed by atoms with Gasteiger partial charge in [0.25, 0.3) is 0 Å². The van der Waals surface area contributed by atoms with E-state index in [0.717, 1.165) is 34.8 Å². The molecule has 0 fully saturated rings. The van der Waals surface area contributed by atoms with Gasteiger partial charge in [-0.05, 0) is 31.2 Å². The van der Waals surface area contributed by atoms with Gasteiger partial charge < -0.3 is 9.84 Å². The van der Waals surface area contributed by atoms with Gasteiger partial charge in [-0.15, -0.1) is 0 Å². The van der Waals surface area contributed by atoms with Crippen LogP contribution in [-0.2, 0) is 0 Å². The third-order valence-electron chi connectivity index (χ3n) is 2.37. The summed E-state index contributed by atoms with van der Waals surface area (Å²) >= 11 is 1.78. The molecular formula is C13H20O2S. The minimum Gasteiger partial charge on any atom is -0.496 e. The molecule has 1 rings (SSSR count). The summed E-state index contributed by atoms with van der Waals surface area (Å²) in [5, 5.41) is 10.1. The predicted octanol–water partition coefficient (Wildman–Crippen LogP) is 3.18. The lowest BCUT2D eigenvalue weighted by Gasteiger charge is -2.15. The van der Waals surface area contributed by atoms with Gasteiger partial charge in [0.05, 0.1) is 13.2 Å². The van der Waals surface area contributed by atoms with Crippen molar-refractivity contribution in [1.29, 1.82) is 0 Å². The minimum absolute atomic E-state index is 0.439. The number of aliphatic hydroxyl groups excluding tert-OH is 1. The topological polar surface area (TPSA) is 29.5 Å². The molecule has 1 unspecified atom stereocenters. The molecule has 1 atom stereocenters. The van der Waals surface area contributed by atoms with E-state index in [1.807, 2.05) is 25.1 Å². The van der Waals surface area contributed by atoms with E-state index in [9.17, 15) is 5.11 Å². The molecule has 0 bridgehead atoms. The Bertz CT molecular complexity index is 326. The standard InChI is InChI=1S/C13H20O2S/c1-4-7-16-9-12(14)11-8-10(2)5-6-13(11)15-3/h5-6,8,12,14H,4,7,9H2,1-3H3. The van der Waals surface area contributed by atoms with Crippen LogP contribution in [-0.4, -0.2) is 23.7 Å². The molecule has 3 heteroatoms. The molecule has 0 saturated heterocycles. The van der Waals surface area contributed by atoms with Crippen LogP contribution in [0, 0.1) is 6.92 Å². The number of aryl methyl sites for hydroxylation is 1. The maximum Gasteiger partial charge on any atom is 0.124 e. The number of hydrogen-bond acceptors (Lipinski definition) is 3. The monoisotopic (exact) mass is 240 g/mol. The molecule has 16 heavy (non-hydrogen) atoms. The minimum atomic E-state index is -0.439. The summed E-state index contributed by atoms with van der Waals surface area (Å²) in [4.78, 5) is 0. The first-order valence-corrected chi connectivity index (χ1v) is 6.74. The van der Waals surface area contributed by atoms with Crippen LogP contribution in [0.3, 0.4) is 0 Å². The van der Waals surface area contributed by atoms with Crippen LogP contribution >= 0.6 is 11.8 Å². The smallest absolute Gasteiger partial charge is 0.124 e. The fraction of sp³-hybridized carbons (Fsp3) is 0.538. The van der Waals surface area contributed by atoms with Crippen LogP contribution in [0.15, 0.2) is 18.2 Å². The molecule has 0 heterocycles. The van der Waals surface area contributed by atoms with Gasteiger partial charge in [0.1, 0.15) is 5.75 Å². The van der Waals surface area contributed by atoms with E-state index in [1.54, 1.807) is 18.9 Å². The summed E-state index contributed by atoms with van der Waals surface area (Å²) in [5.74, 6) is 2.59. The van der Waals surface area contributed by atoms with Gasteiger partial charge in [0.15, 0.2) is 0 Å². The Hall–Kier alpha value is -0.670. The van der Waals surface area contributed by atoms with Gasteiger partial charge in [0, 0.05) is 11.3 Å². The number of rotatable bonds is 6. The van der Waals surface area contributed by atoms with Crippen molar-refractivity contribution in [3.8, 4) is 5.75 Å². The Morgan fingerprint density at radius 1 is 1.44 bits per heavy atom. The van der Waals surface area contributed by atoms with Crippen molar-refractivity contribution in [3.05, 3.63) is 29.3 Å². The summed E-state index contributed by atoms with van der Waals surface area (Å²) in [6, 6.07) is 5.91. The number of methoxy groups -OCH3 is 1. The largest absolute Gasteiger partial charge is 0.496 e. The van der Waals surface area contributed by atoms with Gasteiger partial charge in [-0.1, -0.05) is 18.6 Å². The van der Waals surface area contributed by atoms with Crippen molar-refractivity contribution >= 4 is 11.8 Å². The first-order chi connectivity index (χ1) is 7.69. The van der Waals surface area contributed by atoms with Crippen molar-refractivity contribution in [2.45, 2.75) is 26.4 Å². The molecule has 1 aromatic carbocycles. The first-order valence-electron chi connectivity index (χ1n) is 5.59. The van der Waals surface area contributed by atoms with Gasteiger partial charge >= 0.3 is 0 Å². The summed E-state index contributed by atoms with van der Waals surface area (Å²) in [7, 11) is 1.64. The van der Waals surface area contributed by atoms with Crippen molar-refractivity contribution in [1.82, 2.24) is 0 Å². The zero-order chi connectivity index (χ0) is 12.0. The molecule has 0 saturated carbocycles. The molecular weight excluding hydrogens is 220 g/mol. The van der Waals surface area contributed by atoms with Crippen LogP contribution in [0.25, 0.3) is 0 Å².